The van der Waals surface area contributed by atoms with Crippen molar-refractivity contribution in [3.8, 4) is 5.75 Å². The fourth-order valence-corrected chi connectivity index (χ4v) is 2.35. The van der Waals surface area contributed by atoms with Crippen LogP contribution in [-0.2, 0) is 10.3 Å². The molecule has 21 heavy (non-hydrogen) atoms. The predicted octanol–water partition coefficient (Wildman–Crippen LogP) is 1.89. The standard InChI is InChI=1S/C15H23N3O3/c1-14(2,3)21-13(19)18-6-5-15(16,10-18)11-7-12(20-4)9-17-8-11/h7-9H,5-6,10,16H2,1-4H3. The van der Waals surface area contributed by atoms with Gasteiger partial charge in [-0.25, -0.2) is 4.79 Å². The lowest BCUT2D eigenvalue weighted by Crippen LogP contribution is -2.42. The van der Waals surface area contributed by atoms with Crippen molar-refractivity contribution in [3.63, 3.8) is 0 Å². The minimum absolute atomic E-state index is 0.328. The molecule has 2 N–H and O–H groups in total. The largest absolute Gasteiger partial charge is 0.495 e. The highest BCUT2D eigenvalue weighted by molar-refractivity contribution is 5.69. The Hall–Kier alpha value is -1.82. The molecule has 0 bridgehead atoms. The van der Waals surface area contributed by atoms with Gasteiger partial charge in [0.25, 0.3) is 0 Å². The van der Waals surface area contributed by atoms with Crippen LogP contribution in [-0.4, -0.2) is 41.8 Å². The number of aromatic nitrogens is 1. The molecular weight excluding hydrogens is 270 g/mol. The van der Waals surface area contributed by atoms with Crippen molar-refractivity contribution < 1.29 is 14.3 Å². The molecule has 6 heteroatoms. The van der Waals surface area contributed by atoms with E-state index in [1.54, 1.807) is 24.4 Å². The molecule has 1 aromatic rings. The normalized spacial score (nSPS) is 22.2. The third-order valence-electron chi connectivity index (χ3n) is 3.48. The Morgan fingerprint density at radius 2 is 2.14 bits per heavy atom. The lowest BCUT2D eigenvalue weighted by molar-refractivity contribution is 0.0284. The highest BCUT2D eigenvalue weighted by Crippen LogP contribution is 2.31. The van der Waals surface area contributed by atoms with E-state index in [2.05, 4.69) is 4.98 Å². The number of ether oxygens (including phenoxy) is 2. The zero-order valence-corrected chi connectivity index (χ0v) is 13.0. The van der Waals surface area contributed by atoms with Crippen LogP contribution in [0, 0.1) is 0 Å². The number of hydrogen-bond donors (Lipinski definition) is 1. The zero-order chi connectivity index (χ0) is 15.7. The molecule has 1 atom stereocenters. The molecule has 1 aliphatic rings. The summed E-state index contributed by atoms with van der Waals surface area (Å²) in [5.74, 6) is 0.660. The molecule has 2 heterocycles. The molecule has 1 amide bonds. The molecule has 1 aromatic heterocycles. The summed E-state index contributed by atoms with van der Waals surface area (Å²) in [6.45, 7) is 6.54. The maximum atomic E-state index is 12.1. The molecule has 1 fully saturated rings. The van der Waals surface area contributed by atoms with Gasteiger partial charge in [0, 0.05) is 19.3 Å². The van der Waals surface area contributed by atoms with Crippen LogP contribution in [0.1, 0.15) is 32.8 Å². The fraction of sp³-hybridized carbons (Fsp3) is 0.600. The summed E-state index contributed by atoms with van der Waals surface area (Å²) in [6.07, 6.45) is 3.70. The van der Waals surface area contributed by atoms with Crippen LogP contribution >= 0.6 is 0 Å². The van der Waals surface area contributed by atoms with E-state index in [1.807, 2.05) is 26.8 Å². The first kappa shape index (κ1) is 15.6. The Bertz CT molecular complexity index is 527. The van der Waals surface area contributed by atoms with E-state index in [0.29, 0.717) is 25.3 Å². The molecule has 1 saturated heterocycles. The number of likely N-dealkylation sites (tertiary alicyclic amines) is 1. The molecule has 0 spiro atoms. The number of amides is 1. The van der Waals surface area contributed by atoms with Gasteiger partial charge in [0.05, 0.1) is 18.8 Å². The molecule has 1 aliphatic heterocycles. The van der Waals surface area contributed by atoms with Crippen molar-refractivity contribution in [2.45, 2.75) is 38.3 Å². The third-order valence-corrected chi connectivity index (χ3v) is 3.48. The van der Waals surface area contributed by atoms with Crippen LogP contribution in [0.15, 0.2) is 18.5 Å². The Morgan fingerprint density at radius 1 is 1.43 bits per heavy atom. The van der Waals surface area contributed by atoms with Crippen LogP contribution in [0.25, 0.3) is 0 Å². The second-order valence-electron chi connectivity index (χ2n) is 6.42. The molecule has 0 aromatic carbocycles. The second-order valence-corrected chi connectivity index (χ2v) is 6.42. The van der Waals surface area contributed by atoms with Crippen molar-refractivity contribution >= 4 is 6.09 Å². The van der Waals surface area contributed by atoms with Crippen LogP contribution < -0.4 is 10.5 Å². The van der Waals surface area contributed by atoms with E-state index in [-0.39, 0.29) is 6.09 Å². The minimum atomic E-state index is -0.613. The van der Waals surface area contributed by atoms with Crippen LogP contribution in [0.5, 0.6) is 5.75 Å². The number of nitrogens with two attached hydrogens (primary N) is 1. The molecule has 0 aliphatic carbocycles. The average Bonchev–Trinajstić information content (AvgIpc) is 2.81. The monoisotopic (exact) mass is 293 g/mol. The van der Waals surface area contributed by atoms with Gasteiger partial charge in [0.15, 0.2) is 0 Å². The Kier molecular flexibility index (Phi) is 4.09. The fourth-order valence-electron chi connectivity index (χ4n) is 2.35. The van der Waals surface area contributed by atoms with Gasteiger partial charge in [0.1, 0.15) is 11.4 Å². The van der Waals surface area contributed by atoms with Crippen LogP contribution in [0.2, 0.25) is 0 Å². The van der Waals surface area contributed by atoms with Gasteiger partial charge in [-0.1, -0.05) is 0 Å². The number of rotatable bonds is 2. The van der Waals surface area contributed by atoms with E-state index in [1.165, 1.54) is 0 Å². The number of hydrogen-bond acceptors (Lipinski definition) is 5. The third kappa shape index (κ3) is 3.64. The van der Waals surface area contributed by atoms with Gasteiger partial charge in [-0.3, -0.25) is 4.98 Å². The number of carbonyl (C=O) groups excluding carboxylic acids is 1. The first-order valence-corrected chi connectivity index (χ1v) is 7.00. The summed E-state index contributed by atoms with van der Waals surface area (Å²) in [5.41, 5.74) is 6.20. The van der Waals surface area contributed by atoms with Gasteiger partial charge in [-0.2, -0.15) is 0 Å². The number of nitrogens with zero attached hydrogens (tertiary/aromatic N) is 2. The summed E-state index contributed by atoms with van der Waals surface area (Å²) >= 11 is 0. The first-order valence-electron chi connectivity index (χ1n) is 7.00. The maximum absolute atomic E-state index is 12.1. The highest BCUT2D eigenvalue weighted by atomic mass is 16.6. The predicted molar refractivity (Wildman–Crippen MR) is 79.1 cm³/mol. The lowest BCUT2D eigenvalue weighted by atomic mass is 9.91. The van der Waals surface area contributed by atoms with E-state index in [4.69, 9.17) is 15.2 Å². The number of carbonyl (C=O) groups is 1. The zero-order valence-electron chi connectivity index (χ0n) is 13.0. The van der Waals surface area contributed by atoms with E-state index in [9.17, 15) is 4.79 Å². The molecule has 2 rings (SSSR count). The van der Waals surface area contributed by atoms with Gasteiger partial charge in [-0.05, 0) is 38.8 Å². The topological polar surface area (TPSA) is 77.7 Å². The van der Waals surface area contributed by atoms with Gasteiger partial charge in [0.2, 0.25) is 0 Å². The quantitative estimate of drug-likeness (QED) is 0.901. The highest BCUT2D eigenvalue weighted by Gasteiger charge is 2.40. The molecule has 1 unspecified atom stereocenters. The van der Waals surface area contributed by atoms with Gasteiger partial charge in [-0.15, -0.1) is 0 Å². The van der Waals surface area contributed by atoms with Crippen molar-refractivity contribution in [3.05, 3.63) is 24.0 Å². The van der Waals surface area contributed by atoms with Gasteiger partial charge < -0.3 is 20.1 Å². The molecule has 6 nitrogen and oxygen atoms in total. The number of pyridine rings is 1. The first-order chi connectivity index (χ1) is 9.73. The summed E-state index contributed by atoms with van der Waals surface area (Å²) in [6, 6.07) is 1.87. The second kappa shape index (κ2) is 5.52. The smallest absolute Gasteiger partial charge is 0.410 e. The number of methoxy groups -OCH3 is 1. The van der Waals surface area contributed by atoms with E-state index < -0.39 is 11.1 Å². The Balaban J connectivity index is 2.11. The average molecular weight is 293 g/mol. The SMILES string of the molecule is COc1cncc(C2(N)CCN(C(=O)OC(C)(C)C)C2)c1. The Morgan fingerprint density at radius 3 is 2.76 bits per heavy atom. The van der Waals surface area contributed by atoms with Crippen molar-refractivity contribution in [2.75, 3.05) is 20.2 Å². The summed E-state index contributed by atoms with van der Waals surface area (Å²) in [4.78, 5) is 17.9. The van der Waals surface area contributed by atoms with Crippen molar-refractivity contribution in [1.29, 1.82) is 0 Å². The lowest BCUT2D eigenvalue weighted by Gasteiger charge is -2.27. The van der Waals surface area contributed by atoms with Crippen LogP contribution in [0.4, 0.5) is 4.79 Å². The summed E-state index contributed by atoms with van der Waals surface area (Å²) in [5, 5.41) is 0. The Labute approximate surface area is 125 Å². The van der Waals surface area contributed by atoms with E-state index >= 15 is 0 Å². The van der Waals surface area contributed by atoms with Gasteiger partial charge >= 0.3 is 6.09 Å². The molecular formula is C15H23N3O3. The molecule has 0 saturated carbocycles. The molecule has 116 valence electrons. The maximum Gasteiger partial charge on any atom is 0.410 e. The molecule has 0 radical (unpaired) electrons. The van der Waals surface area contributed by atoms with E-state index in [0.717, 1.165) is 5.56 Å². The van der Waals surface area contributed by atoms with Crippen LogP contribution in [0.3, 0.4) is 0 Å². The van der Waals surface area contributed by atoms with Crippen molar-refractivity contribution in [1.82, 2.24) is 9.88 Å². The summed E-state index contributed by atoms with van der Waals surface area (Å²) < 4.78 is 10.6. The minimum Gasteiger partial charge on any atom is -0.495 e. The summed E-state index contributed by atoms with van der Waals surface area (Å²) in [7, 11) is 1.59. The van der Waals surface area contributed by atoms with Crippen molar-refractivity contribution in [2.24, 2.45) is 5.73 Å².